The van der Waals surface area contributed by atoms with Crippen molar-refractivity contribution < 1.29 is 9.90 Å². The standard InChI is InChI=1S/C10H12Cl2N2O2/c11-6-4-7(13-8(6)12)9(16)14-10(5-15)2-1-3-10/h4,13,15H,1-3,5H2,(H,14,16). The van der Waals surface area contributed by atoms with Gasteiger partial charge in [-0.3, -0.25) is 4.79 Å². The Morgan fingerprint density at radius 2 is 2.25 bits per heavy atom. The average molecular weight is 263 g/mol. The summed E-state index contributed by atoms with van der Waals surface area (Å²) in [5.74, 6) is -0.289. The van der Waals surface area contributed by atoms with Gasteiger partial charge in [-0.1, -0.05) is 23.2 Å². The lowest BCUT2D eigenvalue weighted by Gasteiger charge is -2.40. The molecule has 1 fully saturated rings. The van der Waals surface area contributed by atoms with Crippen LogP contribution < -0.4 is 5.32 Å². The summed E-state index contributed by atoms with van der Waals surface area (Å²) < 4.78 is 0. The molecule has 0 atom stereocenters. The number of halogens is 2. The van der Waals surface area contributed by atoms with E-state index in [-0.39, 0.29) is 17.7 Å². The molecular formula is C10H12Cl2N2O2. The fourth-order valence-corrected chi connectivity index (χ4v) is 2.07. The molecule has 0 spiro atoms. The topological polar surface area (TPSA) is 65.1 Å². The van der Waals surface area contributed by atoms with Gasteiger partial charge in [-0.15, -0.1) is 0 Å². The van der Waals surface area contributed by atoms with E-state index < -0.39 is 5.54 Å². The third-order valence-electron chi connectivity index (χ3n) is 2.96. The first-order valence-corrected chi connectivity index (χ1v) is 5.79. The van der Waals surface area contributed by atoms with E-state index in [1.807, 2.05) is 0 Å². The first-order chi connectivity index (χ1) is 7.56. The van der Waals surface area contributed by atoms with Crippen LogP contribution in [0.4, 0.5) is 0 Å². The number of aliphatic hydroxyl groups excluding tert-OH is 1. The number of nitrogens with one attached hydrogen (secondary N) is 2. The van der Waals surface area contributed by atoms with Crippen LogP contribution in [0.1, 0.15) is 29.8 Å². The monoisotopic (exact) mass is 262 g/mol. The molecule has 1 aliphatic carbocycles. The summed E-state index contributed by atoms with van der Waals surface area (Å²) in [6.45, 7) is -0.0408. The van der Waals surface area contributed by atoms with Gasteiger partial charge in [-0.25, -0.2) is 0 Å². The summed E-state index contributed by atoms with van der Waals surface area (Å²) >= 11 is 11.4. The van der Waals surface area contributed by atoms with Crippen molar-refractivity contribution in [3.63, 3.8) is 0 Å². The molecule has 0 saturated heterocycles. The third-order valence-corrected chi connectivity index (χ3v) is 3.65. The van der Waals surface area contributed by atoms with Crippen molar-refractivity contribution in [2.75, 3.05) is 6.61 Å². The number of aliphatic hydroxyl groups is 1. The number of aromatic nitrogens is 1. The highest BCUT2D eigenvalue weighted by molar-refractivity contribution is 6.41. The van der Waals surface area contributed by atoms with E-state index in [1.54, 1.807) is 0 Å². The second-order valence-electron chi connectivity index (χ2n) is 4.09. The number of rotatable bonds is 3. The van der Waals surface area contributed by atoms with Crippen LogP contribution in [0.5, 0.6) is 0 Å². The number of hydrogen-bond acceptors (Lipinski definition) is 2. The normalized spacial score (nSPS) is 17.9. The van der Waals surface area contributed by atoms with Gasteiger partial charge in [-0.05, 0) is 25.3 Å². The van der Waals surface area contributed by atoms with Crippen molar-refractivity contribution in [1.82, 2.24) is 10.3 Å². The Bertz CT molecular complexity index is 388. The van der Waals surface area contributed by atoms with Gasteiger partial charge >= 0.3 is 0 Å². The number of hydrogen-bond donors (Lipinski definition) is 3. The molecule has 1 heterocycles. The lowest BCUT2D eigenvalue weighted by atomic mass is 9.77. The van der Waals surface area contributed by atoms with E-state index in [0.717, 1.165) is 19.3 Å². The smallest absolute Gasteiger partial charge is 0.268 e. The molecule has 1 aromatic heterocycles. The van der Waals surface area contributed by atoms with Crippen molar-refractivity contribution >= 4 is 29.1 Å². The molecule has 16 heavy (non-hydrogen) atoms. The number of carbonyl (C=O) groups excluding carboxylic acids is 1. The second-order valence-corrected chi connectivity index (χ2v) is 4.88. The van der Waals surface area contributed by atoms with Crippen molar-refractivity contribution in [2.24, 2.45) is 0 Å². The molecule has 6 heteroatoms. The number of aromatic amines is 1. The maximum atomic E-state index is 11.8. The third kappa shape index (κ3) is 2.05. The van der Waals surface area contributed by atoms with E-state index in [4.69, 9.17) is 23.2 Å². The van der Waals surface area contributed by atoms with Gasteiger partial charge in [0, 0.05) is 0 Å². The molecule has 1 aliphatic rings. The summed E-state index contributed by atoms with van der Waals surface area (Å²) in [6.07, 6.45) is 2.63. The van der Waals surface area contributed by atoms with Gasteiger partial charge in [0.25, 0.3) is 5.91 Å². The number of carbonyl (C=O) groups is 1. The minimum atomic E-state index is -0.457. The van der Waals surface area contributed by atoms with Crippen LogP contribution in [0.15, 0.2) is 6.07 Å². The first kappa shape index (κ1) is 11.8. The minimum Gasteiger partial charge on any atom is -0.394 e. The average Bonchev–Trinajstić information content (AvgIpc) is 2.53. The van der Waals surface area contributed by atoms with Crippen LogP contribution >= 0.6 is 23.2 Å². The Morgan fingerprint density at radius 3 is 2.62 bits per heavy atom. The predicted octanol–water partition coefficient (Wildman–Crippen LogP) is 1.97. The first-order valence-electron chi connectivity index (χ1n) is 5.04. The SMILES string of the molecule is O=C(NC1(CO)CCC1)c1cc(Cl)c(Cl)[nH]1. The Hall–Kier alpha value is -0.710. The Kier molecular flexibility index (Phi) is 3.15. The second kappa shape index (κ2) is 4.28. The molecule has 0 aromatic carbocycles. The predicted molar refractivity (Wildman–Crippen MR) is 61.9 cm³/mol. The number of amides is 1. The zero-order chi connectivity index (χ0) is 11.8. The Morgan fingerprint density at radius 1 is 1.56 bits per heavy atom. The molecule has 0 aliphatic heterocycles. The van der Waals surface area contributed by atoms with E-state index in [0.29, 0.717) is 10.7 Å². The van der Waals surface area contributed by atoms with Crippen molar-refractivity contribution in [2.45, 2.75) is 24.8 Å². The van der Waals surface area contributed by atoms with E-state index >= 15 is 0 Å². The fourth-order valence-electron chi connectivity index (χ4n) is 1.76. The minimum absolute atomic E-state index is 0.0408. The summed E-state index contributed by atoms with van der Waals surface area (Å²) in [6, 6.07) is 1.48. The molecule has 0 bridgehead atoms. The van der Waals surface area contributed by atoms with Crippen LogP contribution in [-0.2, 0) is 0 Å². The summed E-state index contributed by atoms with van der Waals surface area (Å²) in [5, 5.41) is 12.6. The highest BCUT2D eigenvalue weighted by Gasteiger charge is 2.38. The van der Waals surface area contributed by atoms with Gasteiger partial charge in [0.2, 0.25) is 0 Å². The maximum Gasteiger partial charge on any atom is 0.268 e. The van der Waals surface area contributed by atoms with Crippen LogP contribution in [0.2, 0.25) is 10.2 Å². The van der Waals surface area contributed by atoms with Crippen molar-refractivity contribution in [3.05, 3.63) is 21.9 Å². The van der Waals surface area contributed by atoms with Crippen molar-refractivity contribution in [3.8, 4) is 0 Å². The van der Waals surface area contributed by atoms with E-state index in [1.165, 1.54) is 6.07 Å². The molecule has 1 aromatic rings. The maximum absolute atomic E-state index is 11.8. The van der Waals surface area contributed by atoms with Crippen LogP contribution in [0.25, 0.3) is 0 Å². The molecule has 0 radical (unpaired) electrons. The molecular weight excluding hydrogens is 251 g/mol. The molecule has 4 nitrogen and oxygen atoms in total. The van der Waals surface area contributed by atoms with Gasteiger partial charge in [0.1, 0.15) is 10.8 Å². The van der Waals surface area contributed by atoms with Gasteiger partial charge < -0.3 is 15.4 Å². The van der Waals surface area contributed by atoms with Crippen LogP contribution in [0, 0.1) is 0 Å². The lowest BCUT2D eigenvalue weighted by molar-refractivity contribution is 0.0638. The highest BCUT2D eigenvalue weighted by atomic mass is 35.5. The fraction of sp³-hybridized carbons (Fsp3) is 0.500. The van der Waals surface area contributed by atoms with Crippen LogP contribution in [-0.4, -0.2) is 28.1 Å². The summed E-state index contributed by atoms with van der Waals surface area (Å²) in [7, 11) is 0. The highest BCUT2D eigenvalue weighted by Crippen LogP contribution is 2.31. The molecule has 0 unspecified atom stereocenters. The molecule has 3 N–H and O–H groups in total. The largest absolute Gasteiger partial charge is 0.394 e. The Labute approximate surface area is 103 Å². The molecule has 2 rings (SSSR count). The van der Waals surface area contributed by atoms with Gasteiger partial charge in [0.05, 0.1) is 17.2 Å². The molecule has 1 saturated carbocycles. The molecule has 1 amide bonds. The van der Waals surface area contributed by atoms with Gasteiger partial charge in [0.15, 0.2) is 0 Å². The molecule has 88 valence electrons. The lowest BCUT2D eigenvalue weighted by Crippen LogP contribution is -2.56. The van der Waals surface area contributed by atoms with Gasteiger partial charge in [-0.2, -0.15) is 0 Å². The zero-order valence-electron chi connectivity index (χ0n) is 8.52. The Balaban J connectivity index is 2.08. The summed E-state index contributed by atoms with van der Waals surface area (Å²) in [5.41, 5.74) is -0.143. The quantitative estimate of drug-likeness (QED) is 0.780. The number of H-pyrrole nitrogens is 1. The van der Waals surface area contributed by atoms with E-state index in [2.05, 4.69) is 10.3 Å². The van der Waals surface area contributed by atoms with E-state index in [9.17, 15) is 9.90 Å². The zero-order valence-corrected chi connectivity index (χ0v) is 10.0. The van der Waals surface area contributed by atoms with Crippen LogP contribution in [0.3, 0.4) is 0 Å². The summed E-state index contributed by atoms with van der Waals surface area (Å²) in [4.78, 5) is 14.5. The van der Waals surface area contributed by atoms with Crippen molar-refractivity contribution in [1.29, 1.82) is 0 Å².